The van der Waals surface area contributed by atoms with Gasteiger partial charge in [-0.05, 0) is 31.9 Å². The highest BCUT2D eigenvalue weighted by atomic mass is 16.3. The SMILES string of the molecule is Cc1ccc(C(O)C(C)NC(C)c2ccccc2)cc1. The molecule has 0 saturated heterocycles. The predicted molar refractivity (Wildman–Crippen MR) is 83.6 cm³/mol. The van der Waals surface area contributed by atoms with Crippen molar-refractivity contribution in [3.05, 3.63) is 71.3 Å². The van der Waals surface area contributed by atoms with Crippen LogP contribution < -0.4 is 5.32 Å². The number of aliphatic hydroxyl groups is 1. The molecule has 0 fully saturated rings. The third-order valence-corrected chi connectivity index (χ3v) is 3.70. The molecule has 0 radical (unpaired) electrons. The van der Waals surface area contributed by atoms with Gasteiger partial charge >= 0.3 is 0 Å². The van der Waals surface area contributed by atoms with Crippen LogP contribution in [0, 0.1) is 6.92 Å². The summed E-state index contributed by atoms with van der Waals surface area (Å²) in [5, 5.41) is 13.9. The molecule has 2 heteroatoms. The molecular weight excluding hydrogens is 246 g/mol. The van der Waals surface area contributed by atoms with E-state index in [2.05, 4.69) is 31.3 Å². The molecule has 106 valence electrons. The molecule has 0 saturated carbocycles. The molecule has 0 aliphatic rings. The van der Waals surface area contributed by atoms with Crippen molar-refractivity contribution in [3.63, 3.8) is 0 Å². The fourth-order valence-corrected chi connectivity index (χ4v) is 2.38. The van der Waals surface area contributed by atoms with Gasteiger partial charge in [0.25, 0.3) is 0 Å². The molecule has 3 atom stereocenters. The molecule has 0 amide bonds. The van der Waals surface area contributed by atoms with E-state index >= 15 is 0 Å². The number of benzene rings is 2. The highest BCUT2D eigenvalue weighted by molar-refractivity contribution is 5.24. The molecule has 0 aliphatic carbocycles. The molecular formula is C18H23NO. The van der Waals surface area contributed by atoms with E-state index in [-0.39, 0.29) is 12.1 Å². The van der Waals surface area contributed by atoms with Crippen LogP contribution in [0.15, 0.2) is 54.6 Å². The van der Waals surface area contributed by atoms with Crippen molar-refractivity contribution in [3.8, 4) is 0 Å². The average molecular weight is 269 g/mol. The Kier molecular flexibility index (Phi) is 4.94. The minimum atomic E-state index is -0.498. The third-order valence-electron chi connectivity index (χ3n) is 3.70. The van der Waals surface area contributed by atoms with E-state index in [0.29, 0.717) is 0 Å². The predicted octanol–water partition coefficient (Wildman–Crippen LogP) is 3.77. The average Bonchev–Trinajstić information content (AvgIpc) is 2.48. The molecule has 2 aromatic carbocycles. The lowest BCUT2D eigenvalue weighted by atomic mass is 10.0. The van der Waals surface area contributed by atoms with E-state index in [1.165, 1.54) is 11.1 Å². The first-order valence-electron chi connectivity index (χ1n) is 7.13. The Hall–Kier alpha value is -1.64. The molecule has 2 aromatic rings. The largest absolute Gasteiger partial charge is 0.387 e. The first kappa shape index (κ1) is 14.8. The number of aliphatic hydroxyl groups excluding tert-OH is 1. The summed E-state index contributed by atoms with van der Waals surface area (Å²) in [6, 6.07) is 18.5. The van der Waals surface area contributed by atoms with Crippen molar-refractivity contribution in [2.45, 2.75) is 39.0 Å². The summed E-state index contributed by atoms with van der Waals surface area (Å²) in [5.74, 6) is 0. The van der Waals surface area contributed by atoms with Crippen LogP contribution in [0.5, 0.6) is 0 Å². The van der Waals surface area contributed by atoms with Gasteiger partial charge in [0.1, 0.15) is 0 Å². The van der Waals surface area contributed by atoms with Crippen LogP contribution in [0.25, 0.3) is 0 Å². The van der Waals surface area contributed by atoms with E-state index in [1.807, 2.05) is 49.4 Å². The van der Waals surface area contributed by atoms with E-state index in [1.54, 1.807) is 0 Å². The Morgan fingerprint density at radius 3 is 2.05 bits per heavy atom. The normalized spacial score (nSPS) is 15.6. The summed E-state index contributed by atoms with van der Waals surface area (Å²) in [6.07, 6.45) is -0.498. The van der Waals surface area contributed by atoms with Crippen LogP contribution in [0.1, 0.15) is 42.7 Å². The number of aryl methyl sites for hydroxylation is 1. The van der Waals surface area contributed by atoms with Gasteiger partial charge in [-0.3, -0.25) is 0 Å². The Morgan fingerprint density at radius 2 is 1.45 bits per heavy atom. The Balaban J connectivity index is 2.00. The lowest BCUT2D eigenvalue weighted by Gasteiger charge is -2.25. The Labute approximate surface area is 121 Å². The van der Waals surface area contributed by atoms with E-state index in [0.717, 1.165) is 5.56 Å². The maximum atomic E-state index is 10.4. The molecule has 0 aliphatic heterocycles. The standard InChI is InChI=1S/C18H23NO/c1-13-9-11-17(12-10-13)18(20)15(3)19-14(2)16-7-5-4-6-8-16/h4-12,14-15,18-20H,1-3H3. The zero-order valence-electron chi connectivity index (χ0n) is 12.4. The molecule has 3 unspecified atom stereocenters. The van der Waals surface area contributed by atoms with Crippen molar-refractivity contribution >= 4 is 0 Å². The molecule has 2 N–H and O–H groups in total. The van der Waals surface area contributed by atoms with Crippen LogP contribution in [0.3, 0.4) is 0 Å². The zero-order chi connectivity index (χ0) is 14.5. The maximum absolute atomic E-state index is 10.4. The molecule has 0 heterocycles. The molecule has 0 aromatic heterocycles. The lowest BCUT2D eigenvalue weighted by molar-refractivity contribution is 0.130. The van der Waals surface area contributed by atoms with Crippen LogP contribution in [-0.2, 0) is 0 Å². The monoisotopic (exact) mass is 269 g/mol. The highest BCUT2D eigenvalue weighted by Gasteiger charge is 2.18. The molecule has 0 bridgehead atoms. The number of rotatable bonds is 5. The van der Waals surface area contributed by atoms with Crippen LogP contribution in [-0.4, -0.2) is 11.1 Å². The quantitative estimate of drug-likeness (QED) is 0.866. The van der Waals surface area contributed by atoms with Gasteiger partial charge in [-0.1, -0.05) is 60.2 Å². The third kappa shape index (κ3) is 3.69. The van der Waals surface area contributed by atoms with Gasteiger partial charge in [0.05, 0.1) is 6.10 Å². The van der Waals surface area contributed by atoms with Gasteiger partial charge < -0.3 is 10.4 Å². The first-order valence-corrected chi connectivity index (χ1v) is 7.13. The second-order valence-corrected chi connectivity index (χ2v) is 5.44. The van der Waals surface area contributed by atoms with Gasteiger partial charge in [-0.15, -0.1) is 0 Å². The van der Waals surface area contributed by atoms with Crippen molar-refractivity contribution < 1.29 is 5.11 Å². The van der Waals surface area contributed by atoms with Gasteiger partial charge in [-0.25, -0.2) is 0 Å². The summed E-state index contributed by atoms with van der Waals surface area (Å²) < 4.78 is 0. The summed E-state index contributed by atoms with van der Waals surface area (Å²) >= 11 is 0. The molecule has 0 spiro atoms. The molecule has 20 heavy (non-hydrogen) atoms. The molecule has 2 nitrogen and oxygen atoms in total. The van der Waals surface area contributed by atoms with Crippen molar-refractivity contribution in [2.24, 2.45) is 0 Å². The fourth-order valence-electron chi connectivity index (χ4n) is 2.38. The van der Waals surface area contributed by atoms with E-state index in [9.17, 15) is 5.11 Å². The summed E-state index contributed by atoms with van der Waals surface area (Å²) in [6.45, 7) is 6.19. The van der Waals surface area contributed by atoms with Gasteiger partial charge in [0, 0.05) is 12.1 Å². The minimum absolute atomic E-state index is 0.00656. The smallest absolute Gasteiger partial charge is 0.0940 e. The van der Waals surface area contributed by atoms with Crippen LogP contribution >= 0.6 is 0 Å². The van der Waals surface area contributed by atoms with Gasteiger partial charge in [-0.2, -0.15) is 0 Å². The zero-order valence-corrected chi connectivity index (χ0v) is 12.4. The lowest BCUT2D eigenvalue weighted by Crippen LogP contribution is -2.34. The highest BCUT2D eigenvalue weighted by Crippen LogP contribution is 2.20. The van der Waals surface area contributed by atoms with E-state index < -0.39 is 6.10 Å². The summed E-state index contributed by atoms with van der Waals surface area (Å²) in [5.41, 5.74) is 3.39. The number of hydrogen-bond acceptors (Lipinski definition) is 2. The molecule has 2 rings (SSSR count). The first-order chi connectivity index (χ1) is 9.58. The van der Waals surface area contributed by atoms with Crippen molar-refractivity contribution in [2.75, 3.05) is 0 Å². The van der Waals surface area contributed by atoms with Crippen molar-refractivity contribution in [1.29, 1.82) is 0 Å². The topological polar surface area (TPSA) is 32.3 Å². The second kappa shape index (κ2) is 6.69. The minimum Gasteiger partial charge on any atom is -0.387 e. The summed E-state index contributed by atoms with van der Waals surface area (Å²) in [7, 11) is 0. The maximum Gasteiger partial charge on any atom is 0.0940 e. The Morgan fingerprint density at radius 1 is 0.850 bits per heavy atom. The van der Waals surface area contributed by atoms with Crippen LogP contribution in [0.4, 0.5) is 0 Å². The van der Waals surface area contributed by atoms with E-state index in [4.69, 9.17) is 0 Å². The fraction of sp³-hybridized carbons (Fsp3) is 0.333. The van der Waals surface area contributed by atoms with Crippen molar-refractivity contribution in [1.82, 2.24) is 5.32 Å². The van der Waals surface area contributed by atoms with Gasteiger partial charge in [0.2, 0.25) is 0 Å². The second-order valence-electron chi connectivity index (χ2n) is 5.44. The summed E-state index contributed by atoms with van der Waals surface area (Å²) in [4.78, 5) is 0. The number of hydrogen-bond donors (Lipinski definition) is 2. The van der Waals surface area contributed by atoms with Crippen LogP contribution in [0.2, 0.25) is 0 Å². The van der Waals surface area contributed by atoms with Gasteiger partial charge in [0.15, 0.2) is 0 Å². The number of nitrogens with one attached hydrogen (secondary N) is 1. The Bertz CT molecular complexity index is 521.